The van der Waals surface area contributed by atoms with Crippen LogP contribution in [0, 0.1) is 10.1 Å². The second-order valence-corrected chi connectivity index (χ2v) is 6.88. The molecule has 0 atom stereocenters. The third-order valence-electron chi connectivity index (χ3n) is 3.75. The van der Waals surface area contributed by atoms with E-state index in [1.807, 2.05) is 0 Å². The SMILES string of the molecule is O=C(Nc1ncc(Cc2cccc(C(F)(F)F)c2)s1)c1ccc([N+](=O)[O-])cc1. The lowest BCUT2D eigenvalue weighted by Crippen LogP contribution is -2.11. The minimum absolute atomic E-state index is 0.130. The van der Waals surface area contributed by atoms with Crippen molar-refractivity contribution in [3.05, 3.63) is 86.4 Å². The number of hydrogen-bond donors (Lipinski definition) is 1. The minimum Gasteiger partial charge on any atom is -0.298 e. The van der Waals surface area contributed by atoms with Gasteiger partial charge in [-0.1, -0.05) is 18.2 Å². The zero-order valence-corrected chi connectivity index (χ0v) is 14.9. The standard InChI is InChI=1S/C18H12F3N3O3S/c19-18(20,21)13-3-1-2-11(8-13)9-15-10-22-17(28-15)23-16(25)12-4-6-14(7-5-12)24(26)27/h1-8,10H,9H2,(H,22,23,25). The van der Waals surface area contributed by atoms with Crippen LogP contribution in [0.1, 0.15) is 26.4 Å². The maximum Gasteiger partial charge on any atom is 0.416 e. The molecule has 0 aliphatic carbocycles. The van der Waals surface area contributed by atoms with Crippen molar-refractivity contribution in [2.45, 2.75) is 12.6 Å². The first-order valence-corrected chi connectivity index (χ1v) is 8.70. The Morgan fingerprint density at radius 3 is 2.54 bits per heavy atom. The summed E-state index contributed by atoms with van der Waals surface area (Å²) in [5, 5.41) is 13.5. The molecule has 0 unspecified atom stereocenters. The highest BCUT2D eigenvalue weighted by molar-refractivity contribution is 7.15. The molecule has 0 radical (unpaired) electrons. The van der Waals surface area contributed by atoms with Gasteiger partial charge in [0.2, 0.25) is 0 Å². The van der Waals surface area contributed by atoms with Crippen LogP contribution in [0.5, 0.6) is 0 Å². The van der Waals surface area contributed by atoms with Gasteiger partial charge in [-0.3, -0.25) is 20.2 Å². The Morgan fingerprint density at radius 1 is 1.18 bits per heavy atom. The van der Waals surface area contributed by atoms with E-state index in [-0.39, 0.29) is 22.8 Å². The van der Waals surface area contributed by atoms with Gasteiger partial charge >= 0.3 is 6.18 Å². The fourth-order valence-corrected chi connectivity index (χ4v) is 3.25. The normalized spacial score (nSPS) is 11.2. The van der Waals surface area contributed by atoms with Crippen molar-refractivity contribution in [2.75, 3.05) is 5.32 Å². The van der Waals surface area contributed by atoms with Crippen LogP contribution in [0.25, 0.3) is 0 Å². The van der Waals surface area contributed by atoms with E-state index in [1.165, 1.54) is 36.5 Å². The molecule has 3 aromatic rings. The summed E-state index contributed by atoms with van der Waals surface area (Å²) >= 11 is 1.14. The largest absolute Gasteiger partial charge is 0.416 e. The number of anilines is 1. The highest BCUT2D eigenvalue weighted by Crippen LogP contribution is 2.30. The van der Waals surface area contributed by atoms with Crippen LogP contribution in [0.4, 0.5) is 24.0 Å². The number of nitro benzene ring substituents is 1. The lowest BCUT2D eigenvalue weighted by atomic mass is 10.1. The lowest BCUT2D eigenvalue weighted by Gasteiger charge is -2.07. The molecule has 2 aromatic carbocycles. The average Bonchev–Trinajstić information content (AvgIpc) is 3.08. The Bertz CT molecular complexity index is 1020. The molecule has 1 N–H and O–H groups in total. The predicted octanol–water partition coefficient (Wildman–Crippen LogP) is 4.91. The highest BCUT2D eigenvalue weighted by atomic mass is 32.1. The van der Waals surface area contributed by atoms with Gasteiger partial charge < -0.3 is 0 Å². The van der Waals surface area contributed by atoms with E-state index in [1.54, 1.807) is 6.07 Å². The van der Waals surface area contributed by atoms with E-state index in [4.69, 9.17) is 0 Å². The number of aromatic nitrogens is 1. The zero-order chi connectivity index (χ0) is 20.3. The van der Waals surface area contributed by atoms with Crippen molar-refractivity contribution in [1.82, 2.24) is 4.98 Å². The van der Waals surface area contributed by atoms with Crippen LogP contribution in [0.2, 0.25) is 0 Å². The van der Waals surface area contributed by atoms with Gasteiger partial charge in [0.05, 0.1) is 10.5 Å². The molecule has 0 saturated carbocycles. The topological polar surface area (TPSA) is 85.1 Å². The molecule has 0 fully saturated rings. The van der Waals surface area contributed by atoms with Gasteiger partial charge in [-0.05, 0) is 23.8 Å². The number of benzene rings is 2. The first-order valence-electron chi connectivity index (χ1n) is 7.89. The average molecular weight is 407 g/mol. The van der Waals surface area contributed by atoms with Gasteiger partial charge in [-0.2, -0.15) is 13.2 Å². The molecule has 0 bridgehead atoms. The van der Waals surface area contributed by atoms with Gasteiger partial charge in [0.1, 0.15) is 0 Å². The summed E-state index contributed by atoms with van der Waals surface area (Å²) < 4.78 is 38.4. The van der Waals surface area contributed by atoms with Gasteiger partial charge in [-0.15, -0.1) is 11.3 Å². The summed E-state index contributed by atoms with van der Waals surface area (Å²) in [5.74, 6) is -0.491. The quantitative estimate of drug-likeness (QED) is 0.481. The Hall–Kier alpha value is -3.27. The van der Waals surface area contributed by atoms with E-state index < -0.39 is 22.6 Å². The number of non-ortho nitro benzene ring substituents is 1. The van der Waals surface area contributed by atoms with E-state index >= 15 is 0 Å². The van der Waals surface area contributed by atoms with Crippen molar-refractivity contribution in [2.24, 2.45) is 0 Å². The molecule has 0 saturated heterocycles. The Morgan fingerprint density at radius 2 is 1.89 bits per heavy atom. The molecular formula is C18H12F3N3O3S. The number of carbonyl (C=O) groups is 1. The van der Waals surface area contributed by atoms with Gasteiger partial charge in [0, 0.05) is 35.2 Å². The number of halogens is 3. The highest BCUT2D eigenvalue weighted by Gasteiger charge is 2.30. The van der Waals surface area contributed by atoms with Crippen LogP contribution < -0.4 is 5.32 Å². The number of nitro groups is 1. The van der Waals surface area contributed by atoms with Crippen LogP contribution in [-0.4, -0.2) is 15.8 Å². The van der Waals surface area contributed by atoms with Crippen LogP contribution >= 0.6 is 11.3 Å². The number of thiazole rings is 1. The van der Waals surface area contributed by atoms with Crippen LogP contribution in [0.3, 0.4) is 0 Å². The summed E-state index contributed by atoms with van der Waals surface area (Å²) in [4.78, 5) is 27.0. The molecule has 1 heterocycles. The molecule has 0 spiro atoms. The minimum atomic E-state index is -4.41. The van der Waals surface area contributed by atoms with Crippen molar-refractivity contribution in [3.63, 3.8) is 0 Å². The van der Waals surface area contributed by atoms with Gasteiger partial charge in [0.15, 0.2) is 5.13 Å². The lowest BCUT2D eigenvalue weighted by molar-refractivity contribution is -0.384. The molecule has 10 heteroatoms. The van der Waals surface area contributed by atoms with E-state index in [9.17, 15) is 28.1 Å². The summed E-state index contributed by atoms with van der Waals surface area (Å²) in [6.07, 6.45) is -2.68. The third kappa shape index (κ3) is 4.71. The number of carbonyl (C=O) groups excluding carboxylic acids is 1. The Kier molecular flexibility index (Phi) is 5.41. The number of alkyl halides is 3. The van der Waals surface area contributed by atoms with Crippen molar-refractivity contribution >= 4 is 28.1 Å². The second-order valence-electron chi connectivity index (χ2n) is 5.76. The van der Waals surface area contributed by atoms with Gasteiger partial charge in [-0.25, -0.2) is 4.98 Å². The monoisotopic (exact) mass is 407 g/mol. The van der Waals surface area contributed by atoms with Crippen molar-refractivity contribution in [1.29, 1.82) is 0 Å². The number of nitrogens with one attached hydrogen (secondary N) is 1. The zero-order valence-electron chi connectivity index (χ0n) is 14.1. The molecule has 28 heavy (non-hydrogen) atoms. The number of nitrogens with zero attached hydrogens (tertiary/aromatic N) is 2. The smallest absolute Gasteiger partial charge is 0.298 e. The molecule has 1 aromatic heterocycles. The van der Waals surface area contributed by atoms with Crippen molar-refractivity contribution < 1.29 is 22.9 Å². The summed E-state index contributed by atoms with van der Waals surface area (Å²) in [7, 11) is 0. The fourth-order valence-electron chi connectivity index (χ4n) is 2.41. The Balaban J connectivity index is 1.67. The van der Waals surface area contributed by atoms with E-state index in [0.717, 1.165) is 23.5 Å². The third-order valence-corrected chi connectivity index (χ3v) is 4.66. The predicted molar refractivity (Wildman–Crippen MR) is 97.4 cm³/mol. The number of rotatable bonds is 5. The van der Waals surface area contributed by atoms with Gasteiger partial charge in [0.25, 0.3) is 11.6 Å². The maximum absolute atomic E-state index is 12.8. The molecule has 0 aliphatic heterocycles. The summed E-state index contributed by atoms with van der Waals surface area (Å²) in [6.45, 7) is 0. The molecule has 0 aliphatic rings. The number of hydrogen-bond acceptors (Lipinski definition) is 5. The molecule has 6 nitrogen and oxygen atoms in total. The van der Waals surface area contributed by atoms with Crippen LogP contribution in [-0.2, 0) is 12.6 Å². The summed E-state index contributed by atoms with van der Waals surface area (Å²) in [5.41, 5.74) is -0.151. The van der Waals surface area contributed by atoms with Crippen molar-refractivity contribution in [3.8, 4) is 0 Å². The number of amides is 1. The van der Waals surface area contributed by atoms with E-state index in [2.05, 4.69) is 10.3 Å². The molecule has 3 rings (SSSR count). The van der Waals surface area contributed by atoms with E-state index in [0.29, 0.717) is 10.4 Å². The molecular weight excluding hydrogens is 395 g/mol. The first kappa shape index (κ1) is 19.5. The van der Waals surface area contributed by atoms with Crippen LogP contribution in [0.15, 0.2) is 54.7 Å². The fraction of sp³-hybridized carbons (Fsp3) is 0.111. The maximum atomic E-state index is 12.8. The second kappa shape index (κ2) is 7.77. The Labute approximate surface area is 160 Å². The first-order chi connectivity index (χ1) is 13.2. The molecule has 144 valence electrons. The molecule has 1 amide bonds. The summed E-state index contributed by atoms with van der Waals surface area (Å²) in [6, 6.07) is 10.1.